The largest absolute Gasteiger partial charge is 0.493 e. The maximum atomic E-state index is 14.3. The molecule has 1 N–H and O–H groups in total. The molecule has 0 saturated carbocycles. The topological polar surface area (TPSA) is 21.3 Å². The second-order valence-corrected chi connectivity index (χ2v) is 5.51. The number of ether oxygens (including phenoxy) is 1. The first-order chi connectivity index (χ1) is 10.2. The molecule has 2 aromatic carbocycles. The average molecular weight is 306 g/mol. The van der Waals surface area contributed by atoms with Gasteiger partial charge in [-0.2, -0.15) is 0 Å². The van der Waals surface area contributed by atoms with Crippen LogP contribution < -0.4 is 10.1 Å². The van der Waals surface area contributed by atoms with E-state index < -0.39 is 0 Å². The molecule has 0 radical (unpaired) electrons. The van der Waals surface area contributed by atoms with E-state index in [0.29, 0.717) is 5.56 Å². The van der Waals surface area contributed by atoms with Crippen LogP contribution >= 0.6 is 11.6 Å². The molecule has 1 aliphatic heterocycles. The van der Waals surface area contributed by atoms with Gasteiger partial charge < -0.3 is 10.1 Å². The van der Waals surface area contributed by atoms with Crippen LogP contribution in [0.3, 0.4) is 0 Å². The Kier molecular flexibility index (Phi) is 4.13. The minimum absolute atomic E-state index is 0.153. The zero-order valence-electron chi connectivity index (χ0n) is 11.8. The van der Waals surface area contributed by atoms with Crippen molar-refractivity contribution in [3.8, 4) is 5.75 Å². The van der Waals surface area contributed by atoms with Crippen molar-refractivity contribution in [2.75, 3.05) is 13.2 Å². The molecule has 110 valence electrons. The Balaban J connectivity index is 2.03. The monoisotopic (exact) mass is 305 g/mol. The summed E-state index contributed by atoms with van der Waals surface area (Å²) in [5, 5.41) is 3.49. The molecule has 0 amide bonds. The van der Waals surface area contributed by atoms with Crippen LogP contribution in [0.1, 0.15) is 29.7 Å². The highest BCUT2D eigenvalue weighted by Gasteiger charge is 2.21. The summed E-state index contributed by atoms with van der Waals surface area (Å²) in [6.45, 7) is 3.46. The molecule has 4 heteroatoms. The van der Waals surface area contributed by atoms with Crippen LogP contribution in [0.15, 0.2) is 36.4 Å². The number of hydrogen-bond acceptors (Lipinski definition) is 2. The quantitative estimate of drug-likeness (QED) is 0.917. The highest BCUT2D eigenvalue weighted by Crippen LogP contribution is 2.32. The van der Waals surface area contributed by atoms with E-state index >= 15 is 0 Å². The number of rotatable bonds is 4. The third-order valence-corrected chi connectivity index (χ3v) is 4.04. The summed E-state index contributed by atoms with van der Waals surface area (Å²) in [7, 11) is 0. The molecule has 1 aliphatic rings. The minimum Gasteiger partial charge on any atom is -0.493 e. The van der Waals surface area contributed by atoms with E-state index in [1.165, 1.54) is 5.56 Å². The molecule has 1 atom stereocenters. The lowest BCUT2D eigenvalue weighted by atomic mass is 9.96. The first kappa shape index (κ1) is 14.4. The van der Waals surface area contributed by atoms with Crippen molar-refractivity contribution < 1.29 is 9.13 Å². The van der Waals surface area contributed by atoms with Crippen molar-refractivity contribution in [3.63, 3.8) is 0 Å². The van der Waals surface area contributed by atoms with Crippen molar-refractivity contribution in [2.45, 2.75) is 19.4 Å². The summed E-state index contributed by atoms with van der Waals surface area (Å²) in [5.41, 5.74) is 2.78. The number of halogens is 2. The normalized spacial score (nSPS) is 14.6. The third-order valence-electron chi connectivity index (χ3n) is 3.75. The fourth-order valence-corrected chi connectivity index (χ4v) is 2.92. The van der Waals surface area contributed by atoms with Crippen LogP contribution in [-0.4, -0.2) is 13.2 Å². The van der Waals surface area contributed by atoms with Crippen molar-refractivity contribution >= 4 is 11.6 Å². The number of fused-ring (bicyclic) bond motifs is 1. The fraction of sp³-hybridized carbons (Fsp3) is 0.294. The lowest BCUT2D eigenvalue weighted by molar-refractivity contribution is 0.357. The second kappa shape index (κ2) is 6.04. The second-order valence-electron chi connectivity index (χ2n) is 5.10. The molecule has 1 heterocycles. The molecule has 2 aromatic rings. The summed E-state index contributed by atoms with van der Waals surface area (Å²) in [6.07, 6.45) is 0.903. The molecule has 0 aliphatic carbocycles. The Bertz CT molecular complexity index is 659. The average Bonchev–Trinajstić information content (AvgIpc) is 2.95. The number of benzene rings is 2. The van der Waals surface area contributed by atoms with Gasteiger partial charge in [0, 0.05) is 12.0 Å². The minimum atomic E-state index is -0.359. The standard InChI is InChI=1S/C17H17ClFNO/c1-2-20-17(13-4-3-5-14(18)16(13)19)12-6-7-15-11(10-12)8-9-21-15/h3-7,10,17,20H,2,8-9H2,1H3. The Morgan fingerprint density at radius 2 is 2.19 bits per heavy atom. The molecular formula is C17H17ClFNO. The van der Waals surface area contributed by atoms with Gasteiger partial charge in [-0.25, -0.2) is 4.39 Å². The van der Waals surface area contributed by atoms with E-state index in [0.717, 1.165) is 30.9 Å². The van der Waals surface area contributed by atoms with E-state index in [-0.39, 0.29) is 16.9 Å². The zero-order chi connectivity index (χ0) is 14.8. The molecule has 21 heavy (non-hydrogen) atoms. The Hall–Kier alpha value is -1.58. The van der Waals surface area contributed by atoms with Gasteiger partial charge in [0.25, 0.3) is 0 Å². The summed E-state index contributed by atoms with van der Waals surface area (Å²) in [6, 6.07) is 11.0. The Morgan fingerprint density at radius 1 is 1.33 bits per heavy atom. The molecule has 0 aromatic heterocycles. The first-order valence-electron chi connectivity index (χ1n) is 7.13. The first-order valence-corrected chi connectivity index (χ1v) is 7.51. The van der Waals surface area contributed by atoms with Crippen molar-refractivity contribution in [1.82, 2.24) is 5.32 Å². The van der Waals surface area contributed by atoms with Gasteiger partial charge in [-0.3, -0.25) is 0 Å². The molecule has 2 nitrogen and oxygen atoms in total. The predicted octanol–water partition coefficient (Wildman–Crippen LogP) is 4.11. The molecule has 0 saturated heterocycles. The van der Waals surface area contributed by atoms with Crippen molar-refractivity contribution in [1.29, 1.82) is 0 Å². The molecule has 0 fully saturated rings. The van der Waals surface area contributed by atoms with Crippen molar-refractivity contribution in [2.24, 2.45) is 0 Å². The highest BCUT2D eigenvalue weighted by atomic mass is 35.5. The van der Waals surface area contributed by atoms with E-state index in [1.807, 2.05) is 19.1 Å². The summed E-state index contributed by atoms with van der Waals surface area (Å²) >= 11 is 5.92. The fourth-order valence-electron chi connectivity index (χ4n) is 2.74. The SMILES string of the molecule is CCNC(c1ccc2c(c1)CCO2)c1cccc(Cl)c1F. The van der Waals surface area contributed by atoms with Crippen LogP contribution in [0.25, 0.3) is 0 Å². The number of hydrogen-bond donors (Lipinski definition) is 1. The Labute approximate surface area is 128 Å². The van der Waals surface area contributed by atoms with E-state index in [1.54, 1.807) is 18.2 Å². The third kappa shape index (κ3) is 2.76. The van der Waals surface area contributed by atoms with Gasteiger partial charge in [0.15, 0.2) is 0 Å². The molecular weight excluding hydrogens is 289 g/mol. The zero-order valence-corrected chi connectivity index (χ0v) is 12.6. The smallest absolute Gasteiger partial charge is 0.146 e. The van der Waals surface area contributed by atoms with E-state index in [9.17, 15) is 4.39 Å². The Morgan fingerprint density at radius 3 is 3.00 bits per heavy atom. The van der Waals surface area contributed by atoms with Gasteiger partial charge in [-0.15, -0.1) is 0 Å². The molecule has 0 spiro atoms. The van der Waals surface area contributed by atoms with E-state index in [2.05, 4.69) is 11.4 Å². The number of nitrogens with one attached hydrogen (secondary N) is 1. The maximum Gasteiger partial charge on any atom is 0.146 e. The molecule has 0 bridgehead atoms. The van der Waals surface area contributed by atoms with Gasteiger partial charge in [-0.05, 0) is 29.8 Å². The van der Waals surface area contributed by atoms with Gasteiger partial charge >= 0.3 is 0 Å². The van der Waals surface area contributed by atoms with Crippen LogP contribution in [0, 0.1) is 5.82 Å². The predicted molar refractivity (Wildman–Crippen MR) is 82.6 cm³/mol. The maximum absolute atomic E-state index is 14.3. The summed E-state index contributed by atoms with van der Waals surface area (Å²) in [5.74, 6) is 0.572. The van der Waals surface area contributed by atoms with Crippen LogP contribution in [0.5, 0.6) is 5.75 Å². The summed E-state index contributed by atoms with van der Waals surface area (Å²) in [4.78, 5) is 0. The molecule has 1 unspecified atom stereocenters. The molecule has 3 rings (SSSR count). The highest BCUT2D eigenvalue weighted by molar-refractivity contribution is 6.30. The van der Waals surface area contributed by atoms with Gasteiger partial charge in [-0.1, -0.05) is 42.8 Å². The van der Waals surface area contributed by atoms with Crippen LogP contribution in [-0.2, 0) is 6.42 Å². The summed E-state index contributed by atoms with van der Waals surface area (Å²) < 4.78 is 19.9. The van der Waals surface area contributed by atoms with Crippen LogP contribution in [0.2, 0.25) is 5.02 Å². The van der Waals surface area contributed by atoms with Crippen molar-refractivity contribution in [3.05, 3.63) is 63.9 Å². The van der Waals surface area contributed by atoms with Gasteiger partial charge in [0.05, 0.1) is 17.7 Å². The van der Waals surface area contributed by atoms with Gasteiger partial charge in [0.1, 0.15) is 11.6 Å². The van der Waals surface area contributed by atoms with Gasteiger partial charge in [0.2, 0.25) is 0 Å². The van der Waals surface area contributed by atoms with Crippen LogP contribution in [0.4, 0.5) is 4.39 Å². The lowest BCUT2D eigenvalue weighted by Gasteiger charge is -2.20. The van der Waals surface area contributed by atoms with E-state index in [4.69, 9.17) is 16.3 Å². The lowest BCUT2D eigenvalue weighted by Crippen LogP contribution is -2.23.